The van der Waals surface area contributed by atoms with Crippen molar-refractivity contribution >= 4 is 17.7 Å². The van der Waals surface area contributed by atoms with E-state index in [0.29, 0.717) is 24.6 Å². The first-order valence-corrected chi connectivity index (χ1v) is 11.3. The second-order valence-corrected chi connectivity index (χ2v) is 9.26. The molecule has 1 aromatic rings. The molecule has 1 aliphatic carbocycles. The molecule has 30 heavy (non-hydrogen) atoms. The zero-order valence-electron chi connectivity index (χ0n) is 17.3. The van der Waals surface area contributed by atoms with Crippen molar-refractivity contribution in [2.75, 3.05) is 6.54 Å². The van der Waals surface area contributed by atoms with E-state index in [4.69, 9.17) is 0 Å². The molecule has 3 N–H and O–H groups in total. The number of hydrogen-bond donors (Lipinski definition) is 3. The highest BCUT2D eigenvalue weighted by Gasteiger charge is 2.43. The summed E-state index contributed by atoms with van der Waals surface area (Å²) in [5.41, 5.74) is 2.93. The third-order valence-electron chi connectivity index (χ3n) is 7.48. The van der Waals surface area contributed by atoms with Gasteiger partial charge in [-0.25, -0.2) is 0 Å². The maximum absolute atomic E-state index is 13.0. The summed E-state index contributed by atoms with van der Waals surface area (Å²) in [6.45, 7) is 2.25. The molecular formula is C23H30N4O3. The standard InChI is InChI=1S/C23H30N4O3/c28-20-8-7-18(21(29)26-20)27-14-16-6-5-15(12-17(16)22(27)30)13-25-23-9-3-1-2-4-19(23)24-11-10-23/h5-6,12,18-19,24-25H,1-4,7-11,13-14H2,(H,26,28,29). The lowest BCUT2D eigenvalue weighted by molar-refractivity contribution is -0.136. The minimum absolute atomic E-state index is 0.102. The molecule has 160 valence electrons. The van der Waals surface area contributed by atoms with Crippen LogP contribution in [0.1, 0.15) is 72.9 Å². The normalized spacial score (nSPS) is 31.3. The van der Waals surface area contributed by atoms with Gasteiger partial charge < -0.3 is 15.5 Å². The van der Waals surface area contributed by atoms with Crippen LogP contribution in [0.3, 0.4) is 0 Å². The van der Waals surface area contributed by atoms with E-state index in [-0.39, 0.29) is 29.7 Å². The molecule has 0 radical (unpaired) electrons. The number of fused-ring (bicyclic) bond motifs is 2. The summed E-state index contributed by atoms with van der Waals surface area (Å²) >= 11 is 0. The fourth-order valence-corrected chi connectivity index (χ4v) is 5.77. The molecule has 0 bridgehead atoms. The van der Waals surface area contributed by atoms with E-state index in [9.17, 15) is 14.4 Å². The first-order chi connectivity index (χ1) is 14.6. The van der Waals surface area contributed by atoms with Crippen molar-refractivity contribution in [1.82, 2.24) is 20.9 Å². The zero-order valence-corrected chi connectivity index (χ0v) is 17.3. The van der Waals surface area contributed by atoms with Gasteiger partial charge in [-0.15, -0.1) is 0 Å². The quantitative estimate of drug-likeness (QED) is 0.656. The molecule has 3 atom stereocenters. The van der Waals surface area contributed by atoms with Crippen LogP contribution in [0.2, 0.25) is 0 Å². The number of nitrogens with zero attached hydrogens (tertiary/aromatic N) is 1. The Morgan fingerprint density at radius 1 is 1.10 bits per heavy atom. The number of rotatable bonds is 4. The number of nitrogens with one attached hydrogen (secondary N) is 3. The van der Waals surface area contributed by atoms with E-state index in [0.717, 1.165) is 30.6 Å². The molecule has 0 spiro atoms. The lowest BCUT2D eigenvalue weighted by Crippen LogP contribution is -2.53. The predicted molar refractivity (Wildman–Crippen MR) is 112 cm³/mol. The summed E-state index contributed by atoms with van der Waals surface area (Å²) in [5.74, 6) is -0.720. The molecule has 3 heterocycles. The smallest absolute Gasteiger partial charge is 0.255 e. The van der Waals surface area contributed by atoms with Crippen LogP contribution in [0.25, 0.3) is 0 Å². The van der Waals surface area contributed by atoms with Gasteiger partial charge in [0.25, 0.3) is 5.91 Å². The number of hydrogen-bond acceptors (Lipinski definition) is 5. The Bertz CT molecular complexity index is 885. The second kappa shape index (κ2) is 7.78. The summed E-state index contributed by atoms with van der Waals surface area (Å²) in [6.07, 6.45) is 8.16. The highest BCUT2D eigenvalue weighted by Crippen LogP contribution is 2.34. The van der Waals surface area contributed by atoms with Gasteiger partial charge in [0, 0.05) is 36.7 Å². The molecule has 3 unspecified atom stereocenters. The minimum Gasteiger partial charge on any atom is -0.322 e. The topological polar surface area (TPSA) is 90.5 Å². The van der Waals surface area contributed by atoms with Crippen molar-refractivity contribution in [3.63, 3.8) is 0 Å². The third-order valence-corrected chi connectivity index (χ3v) is 7.48. The van der Waals surface area contributed by atoms with Crippen molar-refractivity contribution < 1.29 is 14.4 Å². The van der Waals surface area contributed by atoms with Crippen LogP contribution in [0.4, 0.5) is 0 Å². The van der Waals surface area contributed by atoms with Crippen LogP contribution < -0.4 is 16.0 Å². The van der Waals surface area contributed by atoms with Crippen molar-refractivity contribution in [2.45, 2.75) is 82.1 Å². The first-order valence-electron chi connectivity index (χ1n) is 11.3. The van der Waals surface area contributed by atoms with Crippen molar-refractivity contribution in [1.29, 1.82) is 0 Å². The average Bonchev–Trinajstić information content (AvgIpc) is 3.21. The van der Waals surface area contributed by atoms with Crippen molar-refractivity contribution in [3.05, 3.63) is 34.9 Å². The van der Waals surface area contributed by atoms with Crippen molar-refractivity contribution in [2.24, 2.45) is 0 Å². The SMILES string of the molecule is O=C1CCC(N2Cc3ccc(CNC45CCCCCC4NCC5)cc3C2=O)C(=O)N1. The van der Waals surface area contributed by atoms with Gasteiger partial charge in [0.1, 0.15) is 6.04 Å². The van der Waals surface area contributed by atoms with Crippen LogP contribution in [-0.2, 0) is 22.7 Å². The van der Waals surface area contributed by atoms with Gasteiger partial charge in [-0.05, 0) is 49.4 Å². The molecule has 4 aliphatic rings. The molecule has 0 aromatic heterocycles. The van der Waals surface area contributed by atoms with E-state index in [2.05, 4.69) is 22.0 Å². The summed E-state index contributed by atoms with van der Waals surface area (Å²) in [7, 11) is 0. The van der Waals surface area contributed by atoms with Gasteiger partial charge in [-0.3, -0.25) is 19.7 Å². The highest BCUT2D eigenvalue weighted by atomic mass is 16.2. The van der Waals surface area contributed by atoms with E-state index in [1.54, 1.807) is 4.90 Å². The second-order valence-electron chi connectivity index (χ2n) is 9.26. The summed E-state index contributed by atoms with van der Waals surface area (Å²) in [4.78, 5) is 38.3. The van der Waals surface area contributed by atoms with Gasteiger partial charge in [-0.1, -0.05) is 31.4 Å². The summed E-state index contributed by atoms with van der Waals surface area (Å²) in [5, 5.41) is 9.91. The van der Waals surface area contributed by atoms with Crippen LogP contribution in [-0.4, -0.2) is 46.8 Å². The van der Waals surface area contributed by atoms with Crippen LogP contribution in [0.5, 0.6) is 0 Å². The maximum atomic E-state index is 13.0. The largest absolute Gasteiger partial charge is 0.322 e. The van der Waals surface area contributed by atoms with E-state index in [1.807, 2.05) is 12.1 Å². The predicted octanol–water partition coefficient (Wildman–Crippen LogP) is 1.60. The number of carbonyl (C=O) groups is 3. The zero-order chi connectivity index (χ0) is 20.7. The molecule has 2 saturated heterocycles. The van der Waals surface area contributed by atoms with Gasteiger partial charge in [0.2, 0.25) is 11.8 Å². The Morgan fingerprint density at radius 3 is 2.87 bits per heavy atom. The molecular weight excluding hydrogens is 380 g/mol. The Balaban J connectivity index is 1.29. The third kappa shape index (κ3) is 3.44. The van der Waals surface area contributed by atoms with E-state index in [1.165, 1.54) is 32.1 Å². The van der Waals surface area contributed by atoms with Crippen LogP contribution >= 0.6 is 0 Å². The molecule has 3 fully saturated rings. The Morgan fingerprint density at radius 2 is 2.00 bits per heavy atom. The molecule has 1 aromatic carbocycles. The molecule has 7 nitrogen and oxygen atoms in total. The van der Waals surface area contributed by atoms with Gasteiger partial charge in [-0.2, -0.15) is 0 Å². The molecule has 7 heteroatoms. The fourth-order valence-electron chi connectivity index (χ4n) is 5.77. The monoisotopic (exact) mass is 410 g/mol. The van der Waals surface area contributed by atoms with E-state index >= 15 is 0 Å². The summed E-state index contributed by atoms with van der Waals surface area (Å²) < 4.78 is 0. The number of imide groups is 1. The number of amides is 3. The minimum atomic E-state index is -0.556. The van der Waals surface area contributed by atoms with Crippen molar-refractivity contribution in [3.8, 4) is 0 Å². The Kier molecular flexibility index (Phi) is 5.11. The molecule has 1 saturated carbocycles. The highest BCUT2D eigenvalue weighted by molar-refractivity contribution is 6.05. The fraction of sp³-hybridized carbons (Fsp3) is 0.609. The number of piperidine rings is 1. The molecule has 5 rings (SSSR count). The Labute approximate surface area is 177 Å². The summed E-state index contributed by atoms with van der Waals surface area (Å²) in [6, 6.07) is 6.09. The molecule has 3 aliphatic heterocycles. The maximum Gasteiger partial charge on any atom is 0.255 e. The molecule has 3 amide bonds. The lowest BCUT2D eigenvalue weighted by atomic mass is 9.85. The van der Waals surface area contributed by atoms with Gasteiger partial charge in [0.05, 0.1) is 0 Å². The Hall–Kier alpha value is -2.25. The van der Waals surface area contributed by atoms with E-state index < -0.39 is 6.04 Å². The lowest BCUT2D eigenvalue weighted by Gasteiger charge is -2.35. The van der Waals surface area contributed by atoms with Crippen LogP contribution in [0.15, 0.2) is 18.2 Å². The van der Waals surface area contributed by atoms with Gasteiger partial charge in [0.15, 0.2) is 0 Å². The van der Waals surface area contributed by atoms with Crippen LogP contribution in [0, 0.1) is 0 Å². The number of carbonyl (C=O) groups excluding carboxylic acids is 3. The number of benzene rings is 1. The first kappa shape index (κ1) is 19.7. The van der Waals surface area contributed by atoms with Gasteiger partial charge >= 0.3 is 0 Å². The average molecular weight is 411 g/mol.